The summed E-state index contributed by atoms with van der Waals surface area (Å²) in [5.41, 5.74) is 2.71. The molecule has 6 atom stereocenters. The van der Waals surface area contributed by atoms with E-state index in [-0.39, 0.29) is 0 Å². The Labute approximate surface area is 92.1 Å². The topological polar surface area (TPSA) is 0 Å². The standard InChI is InChI=1S/C15H20/c1-2-9-6-11(7-9)14-13-10-4-5-15(14,8-10)12(13)3-1/h6,10-14H,1-5,7-8H2. The Morgan fingerprint density at radius 3 is 2.93 bits per heavy atom. The fourth-order valence-electron chi connectivity index (χ4n) is 6.61. The summed E-state index contributed by atoms with van der Waals surface area (Å²) in [6.07, 6.45) is 13.6. The zero-order valence-corrected chi connectivity index (χ0v) is 9.41. The van der Waals surface area contributed by atoms with Gasteiger partial charge in [-0.25, -0.2) is 0 Å². The summed E-state index contributed by atoms with van der Waals surface area (Å²) in [4.78, 5) is 0. The highest BCUT2D eigenvalue weighted by atomic mass is 14.8. The highest BCUT2D eigenvalue weighted by molar-refractivity contribution is 5.29. The Morgan fingerprint density at radius 1 is 1.27 bits per heavy atom. The molecule has 0 aromatic rings. The van der Waals surface area contributed by atoms with Crippen LogP contribution in [0.5, 0.6) is 0 Å². The monoisotopic (exact) mass is 200 g/mol. The van der Waals surface area contributed by atoms with Gasteiger partial charge in [0, 0.05) is 0 Å². The normalized spacial score (nSPS) is 63.5. The zero-order valence-electron chi connectivity index (χ0n) is 9.41. The molecule has 0 heteroatoms. The smallest absolute Gasteiger partial charge is 0.0157 e. The minimum absolute atomic E-state index is 0.895. The van der Waals surface area contributed by atoms with Crippen molar-refractivity contribution in [1.82, 2.24) is 0 Å². The van der Waals surface area contributed by atoms with Crippen LogP contribution in [0, 0.1) is 35.0 Å². The molecular weight excluding hydrogens is 180 g/mol. The van der Waals surface area contributed by atoms with Crippen molar-refractivity contribution in [3.05, 3.63) is 11.6 Å². The zero-order chi connectivity index (χ0) is 9.62. The van der Waals surface area contributed by atoms with E-state index in [1.54, 1.807) is 25.7 Å². The lowest BCUT2D eigenvalue weighted by atomic mass is 9.43. The van der Waals surface area contributed by atoms with E-state index in [9.17, 15) is 0 Å². The molecule has 15 heavy (non-hydrogen) atoms. The van der Waals surface area contributed by atoms with E-state index < -0.39 is 0 Å². The molecule has 0 heterocycles. The van der Waals surface area contributed by atoms with Gasteiger partial charge in [0.25, 0.3) is 0 Å². The lowest BCUT2D eigenvalue weighted by molar-refractivity contribution is -0.120. The van der Waals surface area contributed by atoms with Crippen molar-refractivity contribution in [2.24, 2.45) is 35.0 Å². The average Bonchev–Trinajstić information content (AvgIpc) is 2.85. The summed E-state index contributed by atoms with van der Waals surface area (Å²) >= 11 is 0. The molecule has 0 N–H and O–H groups in total. The number of rotatable bonds is 0. The Balaban J connectivity index is 1.63. The molecule has 8 aliphatic carbocycles. The van der Waals surface area contributed by atoms with E-state index in [0.29, 0.717) is 0 Å². The van der Waals surface area contributed by atoms with Crippen molar-refractivity contribution in [2.75, 3.05) is 0 Å². The molecule has 80 valence electrons. The lowest BCUT2D eigenvalue weighted by Crippen LogP contribution is -2.55. The van der Waals surface area contributed by atoms with Gasteiger partial charge in [0.2, 0.25) is 0 Å². The van der Waals surface area contributed by atoms with E-state index >= 15 is 0 Å². The van der Waals surface area contributed by atoms with Crippen molar-refractivity contribution in [2.45, 2.75) is 44.9 Å². The second kappa shape index (κ2) is 2.21. The van der Waals surface area contributed by atoms with Crippen LogP contribution in [0.1, 0.15) is 44.9 Å². The first-order valence-electron chi connectivity index (χ1n) is 7.08. The van der Waals surface area contributed by atoms with Gasteiger partial charge in [0.15, 0.2) is 0 Å². The predicted octanol–water partition coefficient (Wildman–Crippen LogP) is 3.78. The molecule has 1 spiro atoms. The van der Waals surface area contributed by atoms with Gasteiger partial charge in [-0.3, -0.25) is 0 Å². The molecule has 0 aromatic heterocycles. The maximum absolute atomic E-state index is 2.68. The van der Waals surface area contributed by atoms with Crippen LogP contribution >= 0.6 is 0 Å². The molecule has 5 saturated carbocycles. The van der Waals surface area contributed by atoms with Gasteiger partial charge in [0.05, 0.1) is 0 Å². The van der Waals surface area contributed by atoms with Gasteiger partial charge in [-0.1, -0.05) is 11.6 Å². The molecule has 5 fully saturated rings. The van der Waals surface area contributed by atoms with Crippen molar-refractivity contribution in [3.63, 3.8) is 0 Å². The summed E-state index contributed by atoms with van der Waals surface area (Å²) in [7, 11) is 0. The first kappa shape index (κ1) is 7.92. The third-order valence-electron chi connectivity index (χ3n) is 6.87. The number of hydrogen-bond acceptors (Lipinski definition) is 0. The molecule has 0 saturated heterocycles. The van der Waals surface area contributed by atoms with Crippen LogP contribution in [0.2, 0.25) is 0 Å². The maximum atomic E-state index is 2.68. The molecule has 6 unspecified atom stereocenters. The third kappa shape index (κ3) is 0.681. The van der Waals surface area contributed by atoms with Crippen LogP contribution in [-0.2, 0) is 0 Å². The largest absolute Gasteiger partial charge is 0.0816 e. The molecule has 0 amide bonds. The van der Waals surface area contributed by atoms with Gasteiger partial charge >= 0.3 is 0 Å². The van der Waals surface area contributed by atoms with Crippen LogP contribution in [0.25, 0.3) is 0 Å². The van der Waals surface area contributed by atoms with Gasteiger partial charge in [0.1, 0.15) is 0 Å². The number of hydrogen-bond donors (Lipinski definition) is 0. The quantitative estimate of drug-likeness (QED) is 0.522. The van der Waals surface area contributed by atoms with Crippen LogP contribution in [-0.4, -0.2) is 0 Å². The Hall–Kier alpha value is -0.260. The summed E-state index contributed by atoms with van der Waals surface area (Å²) in [5, 5.41) is 0. The second-order valence-electron chi connectivity index (χ2n) is 7.03. The molecule has 8 rings (SSSR count). The van der Waals surface area contributed by atoms with Crippen molar-refractivity contribution in [1.29, 1.82) is 0 Å². The van der Waals surface area contributed by atoms with Crippen molar-refractivity contribution < 1.29 is 0 Å². The minimum atomic E-state index is 0.895. The summed E-state index contributed by atoms with van der Waals surface area (Å²) in [6.45, 7) is 0. The average molecular weight is 200 g/mol. The molecule has 8 aliphatic rings. The van der Waals surface area contributed by atoms with Gasteiger partial charge in [-0.2, -0.15) is 0 Å². The molecule has 0 aliphatic heterocycles. The Morgan fingerprint density at radius 2 is 2.20 bits per heavy atom. The van der Waals surface area contributed by atoms with E-state index in [0.717, 1.165) is 11.3 Å². The molecular formula is C15H20. The number of allylic oxidation sites excluding steroid dienone is 2. The Kier molecular flexibility index (Phi) is 1.17. The van der Waals surface area contributed by atoms with Gasteiger partial charge in [-0.15, -0.1) is 0 Å². The molecule has 0 radical (unpaired) electrons. The first-order valence-corrected chi connectivity index (χ1v) is 7.08. The molecule has 0 nitrogen and oxygen atoms in total. The highest BCUT2D eigenvalue weighted by Crippen LogP contribution is 2.80. The highest BCUT2D eigenvalue weighted by Gasteiger charge is 2.73. The second-order valence-corrected chi connectivity index (χ2v) is 7.03. The van der Waals surface area contributed by atoms with Crippen LogP contribution in [0.3, 0.4) is 0 Å². The van der Waals surface area contributed by atoms with E-state index in [4.69, 9.17) is 0 Å². The van der Waals surface area contributed by atoms with Gasteiger partial charge < -0.3 is 0 Å². The third-order valence-corrected chi connectivity index (χ3v) is 6.87. The van der Waals surface area contributed by atoms with Crippen LogP contribution in [0.4, 0.5) is 0 Å². The van der Waals surface area contributed by atoms with Gasteiger partial charge in [-0.05, 0) is 80.0 Å². The first-order chi connectivity index (χ1) is 7.38. The van der Waals surface area contributed by atoms with Crippen molar-refractivity contribution >= 4 is 0 Å². The summed E-state index contributed by atoms with van der Waals surface area (Å²) in [5.74, 6) is 5.78. The molecule has 7 bridgehead atoms. The minimum Gasteiger partial charge on any atom is -0.0816 e. The Bertz CT molecular complexity index is 366. The summed E-state index contributed by atoms with van der Waals surface area (Å²) in [6, 6.07) is 0. The predicted molar refractivity (Wildman–Crippen MR) is 60.3 cm³/mol. The lowest BCUT2D eigenvalue weighted by Gasteiger charge is -2.61. The summed E-state index contributed by atoms with van der Waals surface area (Å²) < 4.78 is 0. The maximum Gasteiger partial charge on any atom is -0.0157 e. The van der Waals surface area contributed by atoms with E-state index in [1.807, 2.05) is 5.57 Å². The van der Waals surface area contributed by atoms with Crippen molar-refractivity contribution in [3.8, 4) is 0 Å². The SMILES string of the molecule is C1=C2CCCC3C4C5CCC3(C5)C4C1C2. The van der Waals surface area contributed by atoms with Crippen LogP contribution < -0.4 is 0 Å². The molecule has 0 aromatic carbocycles. The van der Waals surface area contributed by atoms with E-state index in [1.165, 1.54) is 42.9 Å². The fraction of sp³-hybridized carbons (Fsp3) is 0.867. The van der Waals surface area contributed by atoms with E-state index in [2.05, 4.69) is 6.08 Å². The fourth-order valence-corrected chi connectivity index (χ4v) is 6.61. The van der Waals surface area contributed by atoms with Crippen LogP contribution in [0.15, 0.2) is 11.6 Å².